The van der Waals surface area contributed by atoms with E-state index in [-0.39, 0.29) is 0 Å². The summed E-state index contributed by atoms with van der Waals surface area (Å²) in [6.07, 6.45) is 3.54. The molecule has 94 valence electrons. The van der Waals surface area contributed by atoms with Gasteiger partial charge in [-0.3, -0.25) is 4.98 Å². The molecule has 2 aromatic heterocycles. The second kappa shape index (κ2) is 6.10. The Labute approximate surface area is 108 Å². The number of hydrogen-bond acceptors (Lipinski definition) is 4. The van der Waals surface area contributed by atoms with Gasteiger partial charge >= 0.3 is 0 Å². The van der Waals surface area contributed by atoms with Crippen LogP contribution in [0.4, 0.5) is 5.82 Å². The van der Waals surface area contributed by atoms with Gasteiger partial charge in [0.1, 0.15) is 11.6 Å². The van der Waals surface area contributed by atoms with Crippen molar-refractivity contribution in [1.82, 2.24) is 15.0 Å². The maximum atomic E-state index is 4.50. The maximum absolute atomic E-state index is 4.50. The van der Waals surface area contributed by atoms with Gasteiger partial charge in [0.2, 0.25) is 0 Å². The lowest BCUT2D eigenvalue weighted by Gasteiger charge is -2.07. The summed E-state index contributed by atoms with van der Waals surface area (Å²) in [7, 11) is 0. The third-order valence-corrected chi connectivity index (χ3v) is 2.52. The molecule has 0 aliphatic heterocycles. The maximum Gasteiger partial charge on any atom is 0.136 e. The Balaban J connectivity index is 2.15. The Morgan fingerprint density at radius 2 is 2.11 bits per heavy atom. The van der Waals surface area contributed by atoms with Gasteiger partial charge in [-0.15, -0.1) is 0 Å². The smallest absolute Gasteiger partial charge is 0.136 e. The second-order valence-corrected chi connectivity index (χ2v) is 4.24. The van der Waals surface area contributed by atoms with E-state index in [0.717, 1.165) is 36.0 Å². The van der Waals surface area contributed by atoms with Gasteiger partial charge in [0.25, 0.3) is 0 Å². The first-order chi connectivity index (χ1) is 8.78. The number of rotatable bonds is 5. The van der Waals surface area contributed by atoms with Crippen molar-refractivity contribution in [1.29, 1.82) is 0 Å². The van der Waals surface area contributed by atoms with E-state index in [4.69, 9.17) is 0 Å². The molecule has 0 aliphatic carbocycles. The zero-order chi connectivity index (χ0) is 12.8. The van der Waals surface area contributed by atoms with Crippen LogP contribution in [-0.4, -0.2) is 21.5 Å². The number of pyridine rings is 1. The highest BCUT2D eigenvalue weighted by Gasteiger charge is 2.03. The molecule has 2 aromatic rings. The lowest BCUT2D eigenvalue weighted by atomic mass is 10.2. The topological polar surface area (TPSA) is 50.7 Å². The molecule has 0 unspecified atom stereocenters. The fourth-order valence-electron chi connectivity index (χ4n) is 1.72. The molecule has 0 saturated heterocycles. The molecule has 0 spiro atoms. The minimum absolute atomic E-state index is 0.670. The molecule has 2 rings (SSSR count). The lowest BCUT2D eigenvalue weighted by Crippen LogP contribution is -2.07. The van der Waals surface area contributed by atoms with Crippen LogP contribution in [0.15, 0.2) is 30.5 Å². The van der Waals surface area contributed by atoms with E-state index >= 15 is 0 Å². The molecule has 0 radical (unpaired) electrons. The minimum atomic E-state index is 0.670. The van der Waals surface area contributed by atoms with E-state index in [2.05, 4.69) is 27.2 Å². The first kappa shape index (κ1) is 12.5. The summed E-state index contributed by atoms with van der Waals surface area (Å²) in [6, 6.07) is 7.85. The first-order valence-electron chi connectivity index (χ1n) is 6.26. The second-order valence-electron chi connectivity index (χ2n) is 4.24. The summed E-state index contributed by atoms with van der Waals surface area (Å²) >= 11 is 0. The van der Waals surface area contributed by atoms with Gasteiger partial charge in [-0.25, -0.2) is 9.97 Å². The Morgan fingerprint density at radius 1 is 1.22 bits per heavy atom. The van der Waals surface area contributed by atoms with Crippen LogP contribution in [0.2, 0.25) is 0 Å². The highest BCUT2D eigenvalue weighted by molar-refractivity contribution is 5.36. The number of hydrogen-bond donors (Lipinski definition) is 1. The Hall–Kier alpha value is -1.97. The van der Waals surface area contributed by atoms with Crippen LogP contribution in [0, 0.1) is 6.92 Å². The summed E-state index contributed by atoms with van der Waals surface area (Å²) in [5.41, 5.74) is 1.97. The summed E-state index contributed by atoms with van der Waals surface area (Å²) in [6.45, 7) is 5.05. The number of anilines is 1. The van der Waals surface area contributed by atoms with E-state index in [9.17, 15) is 0 Å². The normalized spacial score (nSPS) is 10.3. The van der Waals surface area contributed by atoms with E-state index in [1.807, 2.05) is 31.2 Å². The molecule has 0 bridgehead atoms. The molecule has 4 nitrogen and oxygen atoms in total. The monoisotopic (exact) mass is 242 g/mol. The first-order valence-corrected chi connectivity index (χ1v) is 6.26. The van der Waals surface area contributed by atoms with Crippen molar-refractivity contribution in [2.45, 2.75) is 26.7 Å². The van der Waals surface area contributed by atoms with Crippen LogP contribution < -0.4 is 5.32 Å². The van der Waals surface area contributed by atoms with Crippen molar-refractivity contribution in [3.8, 4) is 0 Å². The highest BCUT2D eigenvalue weighted by Crippen LogP contribution is 2.09. The predicted octanol–water partition coefficient (Wildman–Crippen LogP) is 2.59. The molecule has 1 N–H and O–H groups in total. The molecule has 0 aliphatic rings. The van der Waals surface area contributed by atoms with Crippen molar-refractivity contribution in [2.24, 2.45) is 0 Å². The molecular weight excluding hydrogens is 224 g/mol. The third kappa shape index (κ3) is 3.52. The largest absolute Gasteiger partial charge is 0.370 e. The molecule has 2 heterocycles. The van der Waals surface area contributed by atoms with Crippen molar-refractivity contribution in [3.05, 3.63) is 47.7 Å². The molecule has 4 heteroatoms. The van der Waals surface area contributed by atoms with E-state index < -0.39 is 0 Å². The Morgan fingerprint density at radius 3 is 2.83 bits per heavy atom. The molecular formula is C14H18N4. The van der Waals surface area contributed by atoms with Crippen molar-refractivity contribution >= 4 is 5.82 Å². The number of nitrogens with one attached hydrogen (secondary N) is 1. The van der Waals surface area contributed by atoms with Gasteiger partial charge in [0, 0.05) is 30.2 Å². The molecule has 18 heavy (non-hydrogen) atoms. The summed E-state index contributed by atoms with van der Waals surface area (Å²) in [5.74, 6) is 1.71. The zero-order valence-electron chi connectivity index (χ0n) is 10.8. The average Bonchev–Trinajstić information content (AvgIpc) is 2.37. The van der Waals surface area contributed by atoms with Gasteiger partial charge in [0.15, 0.2) is 0 Å². The molecule has 0 fully saturated rings. The van der Waals surface area contributed by atoms with E-state index in [0.29, 0.717) is 6.42 Å². The van der Waals surface area contributed by atoms with E-state index in [1.165, 1.54) is 0 Å². The minimum Gasteiger partial charge on any atom is -0.370 e. The molecule has 0 amide bonds. The highest BCUT2D eigenvalue weighted by atomic mass is 15.0. The molecule has 0 saturated carbocycles. The molecule has 0 atom stereocenters. The SMILES string of the molecule is CCCNc1cc(C)nc(Cc2ccccn2)n1. The third-order valence-electron chi connectivity index (χ3n) is 2.52. The standard InChI is InChI=1S/C14H18N4/c1-3-7-16-13-9-11(2)17-14(18-13)10-12-6-4-5-8-15-12/h4-6,8-9H,3,7,10H2,1-2H3,(H,16,17,18). The van der Waals surface area contributed by atoms with Gasteiger partial charge in [-0.2, -0.15) is 0 Å². The predicted molar refractivity (Wildman–Crippen MR) is 72.6 cm³/mol. The quantitative estimate of drug-likeness (QED) is 0.875. The van der Waals surface area contributed by atoms with Crippen LogP contribution in [0.5, 0.6) is 0 Å². The van der Waals surface area contributed by atoms with Crippen LogP contribution in [0.3, 0.4) is 0 Å². The average molecular weight is 242 g/mol. The van der Waals surface area contributed by atoms with Gasteiger partial charge < -0.3 is 5.32 Å². The van der Waals surface area contributed by atoms with E-state index in [1.54, 1.807) is 6.20 Å². The van der Waals surface area contributed by atoms with Crippen LogP contribution in [0.1, 0.15) is 30.6 Å². The van der Waals surface area contributed by atoms with Gasteiger partial charge in [-0.05, 0) is 25.5 Å². The van der Waals surface area contributed by atoms with Crippen molar-refractivity contribution < 1.29 is 0 Å². The summed E-state index contributed by atoms with van der Waals surface area (Å²) in [4.78, 5) is 13.2. The summed E-state index contributed by atoms with van der Waals surface area (Å²) in [5, 5.41) is 3.29. The number of nitrogens with zero attached hydrogens (tertiary/aromatic N) is 3. The van der Waals surface area contributed by atoms with Crippen molar-refractivity contribution in [2.75, 3.05) is 11.9 Å². The zero-order valence-corrected chi connectivity index (χ0v) is 10.8. The lowest BCUT2D eigenvalue weighted by molar-refractivity contribution is 0.901. The van der Waals surface area contributed by atoms with Crippen LogP contribution in [0.25, 0.3) is 0 Å². The van der Waals surface area contributed by atoms with Crippen molar-refractivity contribution in [3.63, 3.8) is 0 Å². The fourth-order valence-corrected chi connectivity index (χ4v) is 1.72. The number of aromatic nitrogens is 3. The fraction of sp³-hybridized carbons (Fsp3) is 0.357. The van der Waals surface area contributed by atoms with Crippen LogP contribution >= 0.6 is 0 Å². The Kier molecular flexibility index (Phi) is 4.23. The number of aryl methyl sites for hydroxylation is 1. The Bertz CT molecular complexity index is 496. The van der Waals surface area contributed by atoms with Crippen LogP contribution in [-0.2, 0) is 6.42 Å². The summed E-state index contributed by atoms with van der Waals surface area (Å²) < 4.78 is 0. The van der Waals surface area contributed by atoms with Gasteiger partial charge in [-0.1, -0.05) is 13.0 Å². The molecule has 0 aromatic carbocycles. The van der Waals surface area contributed by atoms with Gasteiger partial charge in [0.05, 0.1) is 6.42 Å².